The van der Waals surface area contributed by atoms with Gasteiger partial charge >= 0.3 is 0 Å². The van der Waals surface area contributed by atoms with Crippen LogP contribution < -0.4 is 10.6 Å². The van der Waals surface area contributed by atoms with Gasteiger partial charge in [-0.15, -0.1) is 0 Å². The lowest BCUT2D eigenvalue weighted by molar-refractivity contribution is 0.0951. The van der Waals surface area contributed by atoms with Crippen LogP contribution in [0.5, 0.6) is 0 Å². The highest BCUT2D eigenvalue weighted by molar-refractivity contribution is 5.99. The van der Waals surface area contributed by atoms with E-state index in [1.165, 1.54) is 0 Å². The Hall–Kier alpha value is -2.30. The standard InChI is InChI=1S/C14H18N4O/c1-3-15-13-7-5-4-6-12(13)14(19)16-8-11-9-17-18(2)10-11/h4-7,9-10,15H,3,8H2,1-2H3,(H,16,19). The van der Waals surface area contributed by atoms with Crippen molar-refractivity contribution >= 4 is 11.6 Å². The molecule has 2 N–H and O–H groups in total. The van der Waals surface area contributed by atoms with Crippen LogP contribution in [-0.2, 0) is 13.6 Å². The summed E-state index contributed by atoms with van der Waals surface area (Å²) in [7, 11) is 1.85. The molecule has 1 aromatic heterocycles. The number of carbonyl (C=O) groups is 1. The maximum absolute atomic E-state index is 12.1. The molecule has 1 aromatic carbocycles. The molecule has 0 atom stereocenters. The van der Waals surface area contributed by atoms with Crippen molar-refractivity contribution in [3.63, 3.8) is 0 Å². The minimum atomic E-state index is -0.0830. The molecule has 100 valence electrons. The third kappa shape index (κ3) is 3.34. The topological polar surface area (TPSA) is 59.0 Å². The molecule has 0 aliphatic rings. The van der Waals surface area contributed by atoms with Crippen LogP contribution >= 0.6 is 0 Å². The van der Waals surface area contributed by atoms with Gasteiger partial charge in [-0.05, 0) is 19.1 Å². The van der Waals surface area contributed by atoms with Gasteiger partial charge in [0.1, 0.15) is 0 Å². The molecule has 19 heavy (non-hydrogen) atoms. The largest absolute Gasteiger partial charge is 0.385 e. The zero-order chi connectivity index (χ0) is 13.7. The molecule has 2 rings (SSSR count). The van der Waals surface area contributed by atoms with E-state index in [0.717, 1.165) is 17.8 Å². The fourth-order valence-corrected chi connectivity index (χ4v) is 1.87. The summed E-state index contributed by atoms with van der Waals surface area (Å²) in [4.78, 5) is 12.1. The Balaban J connectivity index is 2.03. The fourth-order valence-electron chi connectivity index (χ4n) is 1.87. The lowest BCUT2D eigenvalue weighted by Crippen LogP contribution is -2.23. The molecule has 0 saturated heterocycles. The normalized spacial score (nSPS) is 10.2. The highest BCUT2D eigenvalue weighted by atomic mass is 16.1. The van der Waals surface area contributed by atoms with E-state index in [2.05, 4.69) is 15.7 Å². The molecule has 0 unspecified atom stereocenters. The van der Waals surface area contributed by atoms with E-state index >= 15 is 0 Å². The number of hydrogen-bond acceptors (Lipinski definition) is 3. The van der Waals surface area contributed by atoms with Gasteiger partial charge in [0.05, 0.1) is 11.8 Å². The molecular weight excluding hydrogens is 240 g/mol. The number of nitrogens with zero attached hydrogens (tertiary/aromatic N) is 2. The average molecular weight is 258 g/mol. The van der Waals surface area contributed by atoms with E-state index in [-0.39, 0.29) is 5.91 Å². The number of aromatic nitrogens is 2. The van der Waals surface area contributed by atoms with Crippen molar-refractivity contribution in [1.29, 1.82) is 0 Å². The number of hydrogen-bond donors (Lipinski definition) is 2. The van der Waals surface area contributed by atoms with Crippen LogP contribution in [0, 0.1) is 0 Å². The number of carbonyl (C=O) groups excluding carboxylic acids is 1. The summed E-state index contributed by atoms with van der Waals surface area (Å²) in [6.07, 6.45) is 3.63. The first-order valence-electron chi connectivity index (χ1n) is 6.29. The Morgan fingerprint density at radius 2 is 2.16 bits per heavy atom. The van der Waals surface area contributed by atoms with Gasteiger partial charge in [-0.3, -0.25) is 9.48 Å². The number of amides is 1. The summed E-state index contributed by atoms with van der Waals surface area (Å²) in [5.41, 5.74) is 2.50. The number of aryl methyl sites for hydroxylation is 1. The summed E-state index contributed by atoms with van der Waals surface area (Å²) >= 11 is 0. The van der Waals surface area contributed by atoms with Crippen molar-refractivity contribution in [1.82, 2.24) is 15.1 Å². The summed E-state index contributed by atoms with van der Waals surface area (Å²) in [6.45, 7) is 3.27. The molecule has 5 nitrogen and oxygen atoms in total. The predicted octanol–water partition coefficient (Wildman–Crippen LogP) is 1.78. The molecule has 0 saturated carbocycles. The molecule has 0 fully saturated rings. The van der Waals surface area contributed by atoms with Gasteiger partial charge in [0.15, 0.2) is 0 Å². The van der Waals surface area contributed by atoms with Crippen molar-refractivity contribution in [3.05, 3.63) is 47.8 Å². The van der Waals surface area contributed by atoms with Crippen LogP contribution in [-0.4, -0.2) is 22.2 Å². The second kappa shape index (κ2) is 6.04. The first kappa shape index (κ1) is 13.1. The summed E-state index contributed by atoms with van der Waals surface area (Å²) in [6, 6.07) is 7.49. The second-order valence-corrected chi connectivity index (χ2v) is 4.28. The van der Waals surface area contributed by atoms with E-state index in [9.17, 15) is 4.79 Å². The van der Waals surface area contributed by atoms with Crippen LogP contribution in [0.3, 0.4) is 0 Å². The third-order valence-corrected chi connectivity index (χ3v) is 2.75. The van der Waals surface area contributed by atoms with E-state index in [0.29, 0.717) is 12.1 Å². The highest BCUT2D eigenvalue weighted by Gasteiger charge is 2.10. The van der Waals surface area contributed by atoms with Crippen molar-refractivity contribution < 1.29 is 4.79 Å². The molecule has 0 aliphatic heterocycles. The van der Waals surface area contributed by atoms with E-state index < -0.39 is 0 Å². The summed E-state index contributed by atoms with van der Waals surface area (Å²) in [5, 5.41) is 10.1. The smallest absolute Gasteiger partial charge is 0.253 e. The Morgan fingerprint density at radius 3 is 2.84 bits per heavy atom. The molecule has 1 heterocycles. The lowest BCUT2D eigenvalue weighted by atomic mass is 10.1. The van der Waals surface area contributed by atoms with Crippen LogP contribution in [0.25, 0.3) is 0 Å². The van der Waals surface area contributed by atoms with Crippen molar-refractivity contribution in [2.75, 3.05) is 11.9 Å². The first-order chi connectivity index (χ1) is 9.20. The third-order valence-electron chi connectivity index (χ3n) is 2.75. The second-order valence-electron chi connectivity index (χ2n) is 4.28. The molecule has 1 amide bonds. The van der Waals surface area contributed by atoms with Gasteiger partial charge < -0.3 is 10.6 Å². The molecule has 5 heteroatoms. The zero-order valence-electron chi connectivity index (χ0n) is 11.2. The molecule has 0 bridgehead atoms. The number of para-hydroxylation sites is 1. The lowest BCUT2D eigenvalue weighted by Gasteiger charge is -2.10. The Morgan fingerprint density at radius 1 is 1.37 bits per heavy atom. The van der Waals surface area contributed by atoms with Crippen LogP contribution in [0.4, 0.5) is 5.69 Å². The minimum Gasteiger partial charge on any atom is -0.385 e. The molecule has 2 aromatic rings. The van der Waals surface area contributed by atoms with Gasteiger partial charge in [-0.1, -0.05) is 12.1 Å². The maximum Gasteiger partial charge on any atom is 0.253 e. The highest BCUT2D eigenvalue weighted by Crippen LogP contribution is 2.14. The van der Waals surface area contributed by atoms with Crippen molar-refractivity contribution in [2.45, 2.75) is 13.5 Å². The van der Waals surface area contributed by atoms with E-state index in [4.69, 9.17) is 0 Å². The monoisotopic (exact) mass is 258 g/mol. The summed E-state index contributed by atoms with van der Waals surface area (Å²) < 4.78 is 1.72. The van der Waals surface area contributed by atoms with Crippen molar-refractivity contribution in [3.8, 4) is 0 Å². The van der Waals surface area contributed by atoms with Crippen LogP contribution in [0.1, 0.15) is 22.8 Å². The number of rotatable bonds is 5. The number of benzene rings is 1. The maximum atomic E-state index is 12.1. The first-order valence-corrected chi connectivity index (χ1v) is 6.29. The van der Waals surface area contributed by atoms with Gasteiger partial charge in [0.2, 0.25) is 0 Å². The van der Waals surface area contributed by atoms with Gasteiger partial charge in [0, 0.05) is 37.6 Å². The summed E-state index contributed by atoms with van der Waals surface area (Å²) in [5.74, 6) is -0.0830. The van der Waals surface area contributed by atoms with Gasteiger partial charge in [-0.2, -0.15) is 5.10 Å². The molecule has 0 radical (unpaired) electrons. The molecule has 0 aliphatic carbocycles. The molecule has 0 spiro atoms. The predicted molar refractivity (Wildman–Crippen MR) is 75.0 cm³/mol. The van der Waals surface area contributed by atoms with Crippen molar-refractivity contribution in [2.24, 2.45) is 7.05 Å². The Labute approximate surface area is 112 Å². The van der Waals surface area contributed by atoms with E-state index in [1.807, 2.05) is 44.4 Å². The van der Waals surface area contributed by atoms with Gasteiger partial charge in [0.25, 0.3) is 5.91 Å². The molecular formula is C14H18N4O. The number of anilines is 1. The number of nitrogens with one attached hydrogen (secondary N) is 2. The average Bonchev–Trinajstić information content (AvgIpc) is 2.83. The zero-order valence-corrected chi connectivity index (χ0v) is 11.2. The quantitative estimate of drug-likeness (QED) is 0.859. The van der Waals surface area contributed by atoms with E-state index in [1.54, 1.807) is 10.9 Å². The Bertz CT molecular complexity index is 562. The van der Waals surface area contributed by atoms with Crippen LogP contribution in [0.2, 0.25) is 0 Å². The minimum absolute atomic E-state index is 0.0830. The fraction of sp³-hybridized carbons (Fsp3) is 0.286. The van der Waals surface area contributed by atoms with Crippen LogP contribution in [0.15, 0.2) is 36.7 Å². The van der Waals surface area contributed by atoms with Gasteiger partial charge in [-0.25, -0.2) is 0 Å². The Kier molecular flexibility index (Phi) is 4.18. The SMILES string of the molecule is CCNc1ccccc1C(=O)NCc1cnn(C)c1.